The topological polar surface area (TPSA) is 79.3 Å². The van der Waals surface area contributed by atoms with Crippen LogP contribution in [0.25, 0.3) is 10.2 Å². The molecule has 1 saturated carbocycles. The van der Waals surface area contributed by atoms with E-state index in [0.29, 0.717) is 29.4 Å². The monoisotopic (exact) mass is 324 g/mol. The number of nitrogens with zero attached hydrogens (tertiary/aromatic N) is 1. The van der Waals surface area contributed by atoms with Gasteiger partial charge in [-0.05, 0) is 37.5 Å². The number of amides is 1. The zero-order valence-corrected chi connectivity index (χ0v) is 12.6. The van der Waals surface area contributed by atoms with Crippen molar-refractivity contribution < 1.29 is 14.7 Å². The zero-order chi connectivity index (χ0) is 15.0. The van der Waals surface area contributed by atoms with Crippen molar-refractivity contribution in [1.82, 2.24) is 4.98 Å². The number of benzene rings is 1. The fourth-order valence-electron chi connectivity index (χ4n) is 2.60. The number of anilines is 1. The molecule has 21 heavy (non-hydrogen) atoms. The fourth-order valence-corrected chi connectivity index (χ4v) is 3.75. The number of aliphatic carboxylic acids is 1. The lowest BCUT2D eigenvalue weighted by Crippen LogP contribution is -2.21. The standard InChI is InChI=1S/C14H13ClN2O3S/c15-9-3-4-10-11(6-9)21-14(16-10)17-12(18)7-1-2-8(5-7)13(19)20/h3-4,6-8H,1-2,5H2,(H,19,20)(H,16,17,18)/t7-,8+/m1/s1. The zero-order valence-electron chi connectivity index (χ0n) is 11.0. The molecule has 1 aromatic carbocycles. The van der Waals surface area contributed by atoms with Crippen molar-refractivity contribution in [3.63, 3.8) is 0 Å². The first-order chi connectivity index (χ1) is 10.0. The van der Waals surface area contributed by atoms with E-state index in [0.717, 1.165) is 10.2 Å². The third-order valence-corrected chi connectivity index (χ3v) is 4.90. The molecule has 2 atom stereocenters. The largest absolute Gasteiger partial charge is 0.481 e. The smallest absolute Gasteiger partial charge is 0.306 e. The Bertz CT molecular complexity index is 715. The number of carboxylic acid groups (broad SMARTS) is 1. The van der Waals surface area contributed by atoms with E-state index in [9.17, 15) is 9.59 Å². The average Bonchev–Trinajstić information content (AvgIpc) is 3.03. The minimum Gasteiger partial charge on any atom is -0.481 e. The van der Waals surface area contributed by atoms with Gasteiger partial charge < -0.3 is 10.4 Å². The molecule has 0 aliphatic heterocycles. The van der Waals surface area contributed by atoms with Crippen molar-refractivity contribution in [2.24, 2.45) is 11.8 Å². The lowest BCUT2D eigenvalue weighted by Gasteiger charge is -2.08. The van der Waals surface area contributed by atoms with Gasteiger partial charge in [0.15, 0.2) is 5.13 Å². The van der Waals surface area contributed by atoms with Gasteiger partial charge in [0.1, 0.15) is 0 Å². The van der Waals surface area contributed by atoms with Gasteiger partial charge in [0.25, 0.3) is 0 Å². The first-order valence-electron chi connectivity index (χ1n) is 6.62. The van der Waals surface area contributed by atoms with Crippen LogP contribution in [0.15, 0.2) is 18.2 Å². The van der Waals surface area contributed by atoms with Crippen LogP contribution in [-0.2, 0) is 9.59 Å². The number of thiazole rings is 1. The summed E-state index contributed by atoms with van der Waals surface area (Å²) in [6, 6.07) is 5.36. The molecule has 2 N–H and O–H groups in total. The molecule has 1 aromatic heterocycles. The quantitative estimate of drug-likeness (QED) is 0.907. The molecule has 110 valence electrons. The number of carboxylic acids is 1. The normalized spacial score (nSPS) is 21.6. The molecule has 2 aromatic rings. The van der Waals surface area contributed by atoms with E-state index in [1.807, 2.05) is 0 Å². The number of carbonyl (C=O) groups excluding carboxylic acids is 1. The number of aromatic nitrogens is 1. The molecule has 7 heteroatoms. The fraction of sp³-hybridized carbons (Fsp3) is 0.357. The van der Waals surface area contributed by atoms with Gasteiger partial charge >= 0.3 is 5.97 Å². The molecule has 0 spiro atoms. The van der Waals surface area contributed by atoms with E-state index in [2.05, 4.69) is 10.3 Å². The molecular formula is C14H13ClN2O3S. The summed E-state index contributed by atoms with van der Waals surface area (Å²) in [5, 5.41) is 12.9. The highest BCUT2D eigenvalue weighted by atomic mass is 35.5. The molecule has 0 radical (unpaired) electrons. The van der Waals surface area contributed by atoms with Gasteiger partial charge in [-0.15, -0.1) is 0 Å². The SMILES string of the molecule is O=C(O)[C@H]1CC[C@@H](C(=O)Nc2nc3ccc(Cl)cc3s2)C1. The molecule has 0 bridgehead atoms. The van der Waals surface area contributed by atoms with Gasteiger partial charge in [-0.1, -0.05) is 22.9 Å². The van der Waals surface area contributed by atoms with Crippen LogP contribution in [0.5, 0.6) is 0 Å². The van der Waals surface area contributed by atoms with Crippen LogP contribution in [0.2, 0.25) is 5.02 Å². The Hall–Kier alpha value is -1.66. The number of nitrogens with one attached hydrogen (secondary N) is 1. The Morgan fingerprint density at radius 2 is 2.10 bits per heavy atom. The summed E-state index contributed by atoms with van der Waals surface area (Å²) in [4.78, 5) is 27.4. The number of halogens is 1. The average molecular weight is 325 g/mol. The Kier molecular flexibility index (Phi) is 3.82. The number of rotatable bonds is 3. The van der Waals surface area contributed by atoms with Crippen molar-refractivity contribution in [2.45, 2.75) is 19.3 Å². The Morgan fingerprint density at radius 1 is 1.33 bits per heavy atom. The van der Waals surface area contributed by atoms with Crippen LogP contribution in [0.3, 0.4) is 0 Å². The highest BCUT2D eigenvalue weighted by Gasteiger charge is 2.34. The van der Waals surface area contributed by atoms with E-state index in [1.165, 1.54) is 11.3 Å². The minimum absolute atomic E-state index is 0.149. The maximum absolute atomic E-state index is 12.2. The van der Waals surface area contributed by atoms with Gasteiger partial charge in [-0.2, -0.15) is 0 Å². The summed E-state index contributed by atoms with van der Waals surface area (Å²) < 4.78 is 0.910. The maximum Gasteiger partial charge on any atom is 0.306 e. The van der Waals surface area contributed by atoms with Crippen LogP contribution in [0.4, 0.5) is 5.13 Å². The van der Waals surface area contributed by atoms with Gasteiger partial charge in [0.05, 0.1) is 16.1 Å². The number of hydrogen-bond acceptors (Lipinski definition) is 4. The highest BCUT2D eigenvalue weighted by molar-refractivity contribution is 7.22. The summed E-state index contributed by atoms with van der Waals surface area (Å²) >= 11 is 7.28. The maximum atomic E-state index is 12.2. The van der Waals surface area contributed by atoms with Crippen molar-refractivity contribution in [2.75, 3.05) is 5.32 Å². The molecule has 1 aliphatic carbocycles. The third-order valence-electron chi connectivity index (χ3n) is 3.73. The lowest BCUT2D eigenvalue weighted by atomic mass is 10.0. The van der Waals surface area contributed by atoms with Gasteiger partial charge in [0, 0.05) is 10.9 Å². The molecule has 1 fully saturated rings. The van der Waals surface area contributed by atoms with Crippen molar-refractivity contribution >= 4 is 50.2 Å². The van der Waals surface area contributed by atoms with E-state index in [-0.39, 0.29) is 11.8 Å². The van der Waals surface area contributed by atoms with Gasteiger partial charge in [-0.25, -0.2) is 4.98 Å². The number of hydrogen-bond donors (Lipinski definition) is 2. The van der Waals surface area contributed by atoms with E-state index in [4.69, 9.17) is 16.7 Å². The summed E-state index contributed by atoms with van der Waals surface area (Å²) in [7, 11) is 0. The van der Waals surface area contributed by atoms with Gasteiger partial charge in [-0.3, -0.25) is 9.59 Å². The number of fused-ring (bicyclic) bond motifs is 1. The summed E-state index contributed by atoms with van der Waals surface area (Å²) in [6.07, 6.45) is 1.57. The molecule has 0 saturated heterocycles. The van der Waals surface area contributed by atoms with Crippen molar-refractivity contribution in [3.05, 3.63) is 23.2 Å². The predicted molar refractivity (Wildman–Crippen MR) is 81.7 cm³/mol. The second kappa shape index (κ2) is 5.61. The molecule has 3 rings (SSSR count). The second-order valence-corrected chi connectivity index (χ2v) is 6.63. The first-order valence-corrected chi connectivity index (χ1v) is 7.82. The van der Waals surface area contributed by atoms with E-state index in [1.54, 1.807) is 18.2 Å². The van der Waals surface area contributed by atoms with Crippen molar-refractivity contribution in [3.8, 4) is 0 Å². The number of carbonyl (C=O) groups is 2. The van der Waals surface area contributed by atoms with E-state index < -0.39 is 11.9 Å². The van der Waals surface area contributed by atoms with Crippen LogP contribution >= 0.6 is 22.9 Å². The molecule has 1 heterocycles. The van der Waals surface area contributed by atoms with Crippen LogP contribution < -0.4 is 5.32 Å². The second-order valence-electron chi connectivity index (χ2n) is 5.17. The van der Waals surface area contributed by atoms with Gasteiger partial charge in [0.2, 0.25) is 5.91 Å². The Balaban J connectivity index is 1.70. The van der Waals surface area contributed by atoms with Crippen LogP contribution in [-0.4, -0.2) is 22.0 Å². The summed E-state index contributed by atoms with van der Waals surface area (Å²) in [5.74, 6) is -1.62. The predicted octanol–water partition coefficient (Wildman–Crippen LogP) is 3.39. The van der Waals surface area contributed by atoms with Crippen molar-refractivity contribution in [1.29, 1.82) is 0 Å². The third kappa shape index (κ3) is 3.01. The Morgan fingerprint density at radius 3 is 2.81 bits per heavy atom. The summed E-state index contributed by atoms with van der Waals surface area (Å²) in [6.45, 7) is 0. The molecule has 5 nitrogen and oxygen atoms in total. The Labute approximate surface area is 129 Å². The van der Waals surface area contributed by atoms with Crippen LogP contribution in [0.1, 0.15) is 19.3 Å². The van der Waals surface area contributed by atoms with E-state index >= 15 is 0 Å². The first kappa shape index (κ1) is 14.3. The minimum atomic E-state index is -0.820. The highest BCUT2D eigenvalue weighted by Crippen LogP contribution is 2.33. The van der Waals surface area contributed by atoms with Crippen LogP contribution in [0, 0.1) is 11.8 Å². The summed E-state index contributed by atoms with van der Waals surface area (Å²) in [5.41, 5.74) is 0.787. The molecular weight excluding hydrogens is 312 g/mol. The molecule has 1 aliphatic rings. The molecule has 0 unspecified atom stereocenters. The lowest BCUT2D eigenvalue weighted by molar-refractivity contribution is -0.141. The molecule has 1 amide bonds.